The minimum Gasteiger partial charge on any atom is -0.328 e. The van der Waals surface area contributed by atoms with Crippen LogP contribution in [0, 0.1) is 0 Å². The molecular formula is C5H11FN2O. The average Bonchev–Trinajstić information content (AvgIpc) is 1.89. The lowest BCUT2D eigenvalue weighted by Crippen LogP contribution is -2.23. The van der Waals surface area contributed by atoms with Crippen LogP contribution in [0.5, 0.6) is 0 Å². The Labute approximate surface area is 53.6 Å². The molecule has 0 fully saturated rings. The highest BCUT2D eigenvalue weighted by atomic mass is 19.1. The van der Waals surface area contributed by atoms with Gasteiger partial charge in [-0.05, 0) is 0 Å². The van der Waals surface area contributed by atoms with Crippen molar-refractivity contribution >= 4 is 0 Å². The summed E-state index contributed by atoms with van der Waals surface area (Å²) in [6.45, 7) is 3.24. The summed E-state index contributed by atoms with van der Waals surface area (Å²) in [6.07, 6.45) is 0.223. The topological polar surface area (TPSA) is 47.3 Å². The minimum atomic E-state index is -1.10. The molecule has 0 amide bonds. The summed E-state index contributed by atoms with van der Waals surface area (Å²) in [5.41, 5.74) is 7.23. The second-order valence-corrected chi connectivity index (χ2v) is 1.47. The Morgan fingerprint density at radius 2 is 2.56 bits per heavy atom. The molecule has 1 unspecified atom stereocenters. The summed E-state index contributed by atoms with van der Waals surface area (Å²) < 4.78 is 12.1. The molecule has 0 saturated carbocycles. The third kappa shape index (κ3) is 5.26. The van der Waals surface area contributed by atoms with Crippen molar-refractivity contribution < 1.29 is 9.23 Å². The van der Waals surface area contributed by atoms with Crippen LogP contribution in [0.3, 0.4) is 0 Å². The smallest absolute Gasteiger partial charge is 0.138 e. The first-order chi connectivity index (χ1) is 4.31. The second-order valence-electron chi connectivity index (χ2n) is 1.47. The highest BCUT2D eigenvalue weighted by Crippen LogP contribution is 1.85. The molecule has 3 nitrogen and oxygen atoms in total. The number of nitrogens with two attached hydrogens (primary N) is 1. The van der Waals surface area contributed by atoms with E-state index in [1.54, 1.807) is 0 Å². The van der Waals surface area contributed by atoms with Gasteiger partial charge in [-0.25, -0.2) is 4.39 Å². The van der Waals surface area contributed by atoms with Crippen LogP contribution < -0.4 is 11.2 Å². The molecule has 1 atom stereocenters. The maximum atomic E-state index is 12.1. The highest BCUT2D eigenvalue weighted by molar-refractivity contribution is 4.56. The molecule has 0 aliphatic carbocycles. The number of hydroxylamine groups is 1. The molecule has 0 aromatic heterocycles. The van der Waals surface area contributed by atoms with Gasteiger partial charge in [0, 0.05) is 12.7 Å². The van der Waals surface area contributed by atoms with Gasteiger partial charge in [0.1, 0.15) is 12.8 Å². The number of halogens is 1. The van der Waals surface area contributed by atoms with Crippen LogP contribution in [0.15, 0.2) is 12.8 Å². The van der Waals surface area contributed by atoms with Crippen LogP contribution in [0.4, 0.5) is 4.39 Å². The van der Waals surface area contributed by atoms with Gasteiger partial charge in [-0.1, -0.05) is 6.58 Å². The number of rotatable bonds is 5. The fraction of sp³-hybridized carbons (Fsp3) is 0.600. The standard InChI is InChI=1S/C5H11FN2O/c1-2-8-9-4-5(6)3-7/h2,5,8H,1,3-4,7H2. The van der Waals surface area contributed by atoms with Gasteiger partial charge in [0.25, 0.3) is 0 Å². The molecule has 4 heteroatoms. The summed E-state index contributed by atoms with van der Waals surface area (Å²) in [4.78, 5) is 4.51. The molecule has 0 heterocycles. The fourth-order valence-corrected chi connectivity index (χ4v) is 0.266. The van der Waals surface area contributed by atoms with Crippen molar-refractivity contribution in [2.45, 2.75) is 6.17 Å². The maximum Gasteiger partial charge on any atom is 0.138 e. The van der Waals surface area contributed by atoms with E-state index in [9.17, 15) is 4.39 Å². The summed E-state index contributed by atoms with van der Waals surface area (Å²) in [7, 11) is 0. The Bertz CT molecular complexity index is 79.4. The van der Waals surface area contributed by atoms with Gasteiger partial charge in [0.15, 0.2) is 0 Å². The van der Waals surface area contributed by atoms with Gasteiger partial charge in [-0.3, -0.25) is 10.3 Å². The van der Waals surface area contributed by atoms with Crippen molar-refractivity contribution in [2.75, 3.05) is 13.2 Å². The summed E-state index contributed by atoms with van der Waals surface area (Å²) in [5.74, 6) is 0. The van der Waals surface area contributed by atoms with E-state index in [0.29, 0.717) is 0 Å². The fourth-order valence-electron chi connectivity index (χ4n) is 0.266. The summed E-state index contributed by atoms with van der Waals surface area (Å²) >= 11 is 0. The van der Waals surface area contributed by atoms with E-state index >= 15 is 0 Å². The van der Waals surface area contributed by atoms with Crippen molar-refractivity contribution in [1.29, 1.82) is 0 Å². The van der Waals surface area contributed by atoms with Crippen LogP contribution in [-0.2, 0) is 4.84 Å². The Kier molecular flexibility index (Phi) is 5.15. The van der Waals surface area contributed by atoms with Gasteiger partial charge in [0.2, 0.25) is 0 Å². The van der Waals surface area contributed by atoms with Crippen molar-refractivity contribution in [3.05, 3.63) is 12.8 Å². The van der Waals surface area contributed by atoms with Crippen LogP contribution in [-0.4, -0.2) is 19.3 Å². The van der Waals surface area contributed by atoms with Gasteiger partial charge < -0.3 is 5.73 Å². The molecule has 0 aliphatic rings. The molecule has 0 aliphatic heterocycles. The molecule has 0 aromatic carbocycles. The lowest BCUT2D eigenvalue weighted by molar-refractivity contribution is 0.0337. The Balaban J connectivity index is 2.96. The molecular weight excluding hydrogens is 123 g/mol. The summed E-state index contributed by atoms with van der Waals surface area (Å²) in [6, 6.07) is 0. The molecule has 0 bridgehead atoms. The van der Waals surface area contributed by atoms with E-state index in [0.717, 1.165) is 0 Å². The largest absolute Gasteiger partial charge is 0.328 e. The van der Waals surface area contributed by atoms with E-state index in [4.69, 9.17) is 5.73 Å². The molecule has 0 rings (SSSR count). The molecule has 0 spiro atoms. The zero-order valence-corrected chi connectivity index (χ0v) is 5.14. The van der Waals surface area contributed by atoms with Crippen molar-refractivity contribution in [3.8, 4) is 0 Å². The Morgan fingerprint density at radius 3 is 3.00 bits per heavy atom. The van der Waals surface area contributed by atoms with E-state index < -0.39 is 6.17 Å². The third-order valence-corrected chi connectivity index (χ3v) is 0.687. The third-order valence-electron chi connectivity index (χ3n) is 0.687. The van der Waals surface area contributed by atoms with Crippen LogP contribution in [0.25, 0.3) is 0 Å². The van der Waals surface area contributed by atoms with Gasteiger partial charge >= 0.3 is 0 Å². The lowest BCUT2D eigenvalue weighted by Gasteiger charge is -2.03. The maximum absolute atomic E-state index is 12.1. The van der Waals surface area contributed by atoms with E-state index in [2.05, 4.69) is 16.9 Å². The van der Waals surface area contributed by atoms with E-state index in [-0.39, 0.29) is 13.2 Å². The lowest BCUT2D eigenvalue weighted by atomic mass is 10.4. The molecule has 0 aromatic rings. The molecule has 54 valence electrons. The van der Waals surface area contributed by atoms with Gasteiger partial charge in [-0.2, -0.15) is 0 Å². The predicted molar refractivity (Wildman–Crippen MR) is 33.2 cm³/mol. The predicted octanol–water partition coefficient (Wildman–Crippen LogP) is -0.0521. The number of hydrogen-bond acceptors (Lipinski definition) is 3. The SMILES string of the molecule is C=CNOCC(F)CN. The minimum absolute atomic E-state index is 0.0151. The molecule has 3 N–H and O–H groups in total. The first-order valence-electron chi connectivity index (χ1n) is 2.63. The highest BCUT2D eigenvalue weighted by Gasteiger charge is 2.00. The number of hydrogen-bond donors (Lipinski definition) is 2. The van der Waals surface area contributed by atoms with Crippen molar-refractivity contribution in [3.63, 3.8) is 0 Å². The van der Waals surface area contributed by atoms with E-state index in [1.807, 2.05) is 0 Å². The van der Waals surface area contributed by atoms with Gasteiger partial charge in [0.05, 0.1) is 0 Å². The van der Waals surface area contributed by atoms with Crippen molar-refractivity contribution in [2.24, 2.45) is 5.73 Å². The second kappa shape index (κ2) is 5.53. The Hall–Kier alpha value is -0.610. The first-order valence-corrected chi connectivity index (χ1v) is 2.63. The van der Waals surface area contributed by atoms with Crippen LogP contribution >= 0.6 is 0 Å². The van der Waals surface area contributed by atoms with E-state index in [1.165, 1.54) is 6.20 Å². The monoisotopic (exact) mass is 134 g/mol. The first kappa shape index (κ1) is 8.39. The van der Waals surface area contributed by atoms with Crippen LogP contribution in [0.2, 0.25) is 0 Å². The number of nitrogens with one attached hydrogen (secondary N) is 1. The Morgan fingerprint density at radius 1 is 1.89 bits per heavy atom. The average molecular weight is 134 g/mol. The number of alkyl halides is 1. The van der Waals surface area contributed by atoms with Crippen LogP contribution in [0.1, 0.15) is 0 Å². The molecule has 0 radical (unpaired) electrons. The summed E-state index contributed by atoms with van der Waals surface area (Å²) in [5, 5.41) is 0. The quantitative estimate of drug-likeness (QED) is 0.409. The molecule has 9 heavy (non-hydrogen) atoms. The zero-order valence-electron chi connectivity index (χ0n) is 5.14. The zero-order chi connectivity index (χ0) is 7.11. The van der Waals surface area contributed by atoms with Gasteiger partial charge in [-0.15, -0.1) is 0 Å². The van der Waals surface area contributed by atoms with Crippen molar-refractivity contribution in [1.82, 2.24) is 5.48 Å². The normalized spacial score (nSPS) is 12.7. The molecule has 0 saturated heterocycles.